The second-order valence-electron chi connectivity index (χ2n) is 4.21. The van der Waals surface area contributed by atoms with Crippen LogP contribution in [0.1, 0.15) is 12.0 Å². The number of pyridine rings is 1. The molecule has 84 valence electrons. The number of hydrogen-bond acceptors (Lipinski definition) is 3. The van der Waals surface area contributed by atoms with E-state index in [1.54, 1.807) is 12.3 Å². The zero-order valence-electron chi connectivity index (χ0n) is 8.90. The molecule has 3 nitrogen and oxygen atoms in total. The average molecular weight is 220 g/mol. The minimum Gasteiger partial charge on any atom is -0.487 e. The molecule has 0 spiro atoms. The second-order valence-corrected chi connectivity index (χ2v) is 4.21. The zero-order chi connectivity index (χ0) is 11.1. The molecule has 2 aliphatic heterocycles. The molecule has 0 saturated carbocycles. The van der Waals surface area contributed by atoms with Crippen LogP contribution in [0.3, 0.4) is 0 Å². The zero-order valence-corrected chi connectivity index (χ0v) is 8.90. The van der Waals surface area contributed by atoms with Crippen LogP contribution < -0.4 is 9.64 Å². The first kappa shape index (κ1) is 9.63. The number of aromatic nitrogens is 1. The molecule has 1 fully saturated rings. The van der Waals surface area contributed by atoms with Crippen molar-refractivity contribution in [1.82, 2.24) is 4.98 Å². The predicted molar refractivity (Wildman–Crippen MR) is 60.5 cm³/mol. The third kappa shape index (κ3) is 1.29. The van der Waals surface area contributed by atoms with E-state index in [0.717, 1.165) is 17.1 Å². The van der Waals surface area contributed by atoms with Gasteiger partial charge < -0.3 is 9.64 Å². The molecule has 0 N–H and O–H groups in total. The lowest BCUT2D eigenvalue weighted by molar-refractivity contribution is 0.261. The first-order valence-corrected chi connectivity index (χ1v) is 5.44. The number of anilines is 1. The second kappa shape index (κ2) is 3.47. The molecule has 0 radical (unpaired) electrons. The van der Waals surface area contributed by atoms with Crippen LogP contribution in [0.2, 0.25) is 0 Å². The van der Waals surface area contributed by atoms with Crippen molar-refractivity contribution >= 4 is 11.9 Å². The van der Waals surface area contributed by atoms with E-state index >= 15 is 0 Å². The molecule has 1 aromatic rings. The average Bonchev–Trinajstić information content (AvgIpc) is 2.69. The number of halogens is 1. The summed E-state index contributed by atoms with van der Waals surface area (Å²) in [6.07, 6.45) is 3.23. The number of rotatable bonds is 1. The lowest BCUT2D eigenvalue weighted by atomic mass is 10.1. The molecule has 3 heterocycles. The van der Waals surface area contributed by atoms with Crippen molar-refractivity contribution in [3.63, 3.8) is 0 Å². The Morgan fingerprint density at radius 3 is 3.31 bits per heavy atom. The first-order chi connectivity index (χ1) is 7.79. The van der Waals surface area contributed by atoms with Gasteiger partial charge in [0.05, 0.1) is 12.6 Å². The van der Waals surface area contributed by atoms with Gasteiger partial charge in [-0.05, 0) is 6.07 Å². The third-order valence-corrected chi connectivity index (χ3v) is 3.19. The van der Waals surface area contributed by atoms with Gasteiger partial charge in [0.15, 0.2) is 11.6 Å². The van der Waals surface area contributed by atoms with Crippen molar-refractivity contribution < 1.29 is 9.13 Å². The number of alkyl halides is 1. The molecule has 16 heavy (non-hydrogen) atoms. The molecule has 0 bridgehead atoms. The van der Waals surface area contributed by atoms with Crippen LogP contribution in [0.15, 0.2) is 18.8 Å². The van der Waals surface area contributed by atoms with Crippen LogP contribution in [0, 0.1) is 0 Å². The van der Waals surface area contributed by atoms with Gasteiger partial charge in [-0.1, -0.05) is 12.7 Å². The molecule has 0 aromatic carbocycles. The molecule has 0 unspecified atom stereocenters. The Balaban J connectivity index is 2.06. The molecular formula is C12H13FN2O. The molecule has 0 aliphatic carbocycles. The Bertz CT molecular complexity index is 435. The summed E-state index contributed by atoms with van der Waals surface area (Å²) in [5.41, 5.74) is 0.922. The smallest absolute Gasteiger partial charge is 0.172 e. The highest BCUT2D eigenvalue weighted by Crippen LogP contribution is 2.39. The molecule has 4 heteroatoms. The number of fused-ring (bicyclic) bond motifs is 3. The van der Waals surface area contributed by atoms with Crippen molar-refractivity contribution in [3.8, 4) is 5.75 Å². The minimum atomic E-state index is -0.770. The standard InChI is InChI=1S/C12H13FN2O/c1-2-8-3-4-14-12-11(8)16-7-10-5-9(13)6-15(10)12/h2-4,9-10H,1,5-7H2/t9-,10-/m1/s1. The molecule has 3 rings (SSSR count). The van der Waals surface area contributed by atoms with E-state index in [-0.39, 0.29) is 6.04 Å². The normalized spacial score (nSPS) is 26.9. The predicted octanol–water partition coefficient (Wildman–Crippen LogP) is 2.03. The summed E-state index contributed by atoms with van der Waals surface area (Å²) in [5, 5.41) is 0. The summed E-state index contributed by atoms with van der Waals surface area (Å²) >= 11 is 0. The van der Waals surface area contributed by atoms with Gasteiger partial charge in [0.2, 0.25) is 0 Å². The van der Waals surface area contributed by atoms with E-state index in [0.29, 0.717) is 19.6 Å². The highest BCUT2D eigenvalue weighted by Gasteiger charge is 2.38. The van der Waals surface area contributed by atoms with E-state index in [1.807, 2.05) is 11.0 Å². The Morgan fingerprint density at radius 2 is 2.50 bits per heavy atom. The highest BCUT2D eigenvalue weighted by molar-refractivity contribution is 5.67. The van der Waals surface area contributed by atoms with Crippen LogP contribution in [-0.4, -0.2) is 30.3 Å². The van der Waals surface area contributed by atoms with Crippen LogP contribution in [0.5, 0.6) is 5.75 Å². The van der Waals surface area contributed by atoms with Crippen LogP contribution in [0.25, 0.3) is 6.08 Å². The molecule has 2 aliphatic rings. The maximum absolute atomic E-state index is 13.4. The quantitative estimate of drug-likeness (QED) is 0.724. The fourth-order valence-electron chi connectivity index (χ4n) is 2.42. The van der Waals surface area contributed by atoms with Crippen molar-refractivity contribution in [2.75, 3.05) is 18.1 Å². The lowest BCUT2D eigenvalue weighted by Gasteiger charge is -2.32. The molecule has 0 amide bonds. The third-order valence-electron chi connectivity index (χ3n) is 3.19. The summed E-state index contributed by atoms with van der Waals surface area (Å²) in [5.74, 6) is 1.50. The van der Waals surface area contributed by atoms with Gasteiger partial charge in [-0.15, -0.1) is 0 Å². The Hall–Kier alpha value is -1.58. The minimum absolute atomic E-state index is 0.134. The van der Waals surface area contributed by atoms with Crippen molar-refractivity contribution in [3.05, 3.63) is 24.4 Å². The van der Waals surface area contributed by atoms with Gasteiger partial charge in [-0.2, -0.15) is 0 Å². The van der Waals surface area contributed by atoms with E-state index < -0.39 is 6.17 Å². The SMILES string of the molecule is C=Cc1ccnc2c1OC[C@H]1C[C@@H](F)CN21. The molecule has 1 saturated heterocycles. The van der Waals surface area contributed by atoms with Gasteiger partial charge in [0.25, 0.3) is 0 Å². The topological polar surface area (TPSA) is 25.4 Å². The summed E-state index contributed by atoms with van der Waals surface area (Å²) in [6.45, 7) is 4.71. The van der Waals surface area contributed by atoms with Gasteiger partial charge >= 0.3 is 0 Å². The molecular weight excluding hydrogens is 207 g/mol. The van der Waals surface area contributed by atoms with Gasteiger partial charge in [-0.25, -0.2) is 9.37 Å². The first-order valence-electron chi connectivity index (χ1n) is 5.44. The summed E-state index contributed by atoms with van der Waals surface area (Å²) < 4.78 is 19.0. The highest BCUT2D eigenvalue weighted by atomic mass is 19.1. The maximum Gasteiger partial charge on any atom is 0.172 e. The monoisotopic (exact) mass is 220 g/mol. The number of ether oxygens (including phenoxy) is 1. The largest absolute Gasteiger partial charge is 0.487 e. The maximum atomic E-state index is 13.4. The van der Waals surface area contributed by atoms with Crippen LogP contribution in [-0.2, 0) is 0 Å². The van der Waals surface area contributed by atoms with Crippen LogP contribution >= 0.6 is 0 Å². The van der Waals surface area contributed by atoms with Gasteiger partial charge in [0, 0.05) is 18.2 Å². The fraction of sp³-hybridized carbons (Fsp3) is 0.417. The van der Waals surface area contributed by atoms with Gasteiger partial charge in [-0.3, -0.25) is 0 Å². The fourth-order valence-corrected chi connectivity index (χ4v) is 2.42. The van der Waals surface area contributed by atoms with E-state index in [2.05, 4.69) is 11.6 Å². The number of hydrogen-bond donors (Lipinski definition) is 0. The van der Waals surface area contributed by atoms with Gasteiger partial charge in [0.1, 0.15) is 12.8 Å². The van der Waals surface area contributed by atoms with Crippen molar-refractivity contribution in [2.24, 2.45) is 0 Å². The molecule has 2 atom stereocenters. The van der Waals surface area contributed by atoms with E-state index in [1.165, 1.54) is 0 Å². The number of nitrogens with zero attached hydrogens (tertiary/aromatic N) is 2. The lowest BCUT2D eigenvalue weighted by Crippen LogP contribution is -2.39. The van der Waals surface area contributed by atoms with Crippen LogP contribution in [0.4, 0.5) is 10.2 Å². The summed E-state index contributed by atoms with van der Waals surface area (Å²) in [4.78, 5) is 6.30. The van der Waals surface area contributed by atoms with E-state index in [9.17, 15) is 4.39 Å². The van der Waals surface area contributed by atoms with Crippen molar-refractivity contribution in [2.45, 2.75) is 18.6 Å². The summed E-state index contributed by atoms with van der Waals surface area (Å²) in [7, 11) is 0. The Labute approximate surface area is 93.5 Å². The Morgan fingerprint density at radius 1 is 1.62 bits per heavy atom. The molecule has 1 aromatic heterocycles. The summed E-state index contributed by atoms with van der Waals surface area (Å²) in [6, 6.07) is 1.99. The van der Waals surface area contributed by atoms with E-state index in [4.69, 9.17) is 4.74 Å². The van der Waals surface area contributed by atoms with Crippen molar-refractivity contribution in [1.29, 1.82) is 0 Å². The Kier molecular flexibility index (Phi) is 2.09.